The fourth-order valence-corrected chi connectivity index (χ4v) is 4.68. The minimum Gasteiger partial charge on any atom is -0.293 e. The molecule has 0 N–H and O–H groups in total. The first-order valence-electron chi connectivity index (χ1n) is 7.81. The standard InChI is InChI=1S/C19H18N2O2/c1-18(2)16-5-4-11-6-12(9-20)15(22)7-14(11)19(16,3)8-13(10-21)17(18)23/h6-8,11,16H,4-5H2,1-3H3. The lowest BCUT2D eigenvalue weighted by Crippen LogP contribution is -2.51. The summed E-state index contributed by atoms with van der Waals surface area (Å²) in [4.78, 5) is 24.7. The molecule has 0 aromatic rings. The maximum atomic E-state index is 12.6. The van der Waals surface area contributed by atoms with E-state index in [1.807, 2.05) is 32.9 Å². The Morgan fingerprint density at radius 3 is 2.35 bits per heavy atom. The van der Waals surface area contributed by atoms with Crippen LogP contribution in [0.4, 0.5) is 0 Å². The summed E-state index contributed by atoms with van der Waals surface area (Å²) in [5.41, 5.74) is 0.168. The van der Waals surface area contributed by atoms with Gasteiger partial charge in [0.15, 0.2) is 11.6 Å². The molecule has 0 aromatic heterocycles. The molecule has 23 heavy (non-hydrogen) atoms. The van der Waals surface area contributed by atoms with Gasteiger partial charge in [-0.05, 0) is 30.4 Å². The number of carbonyl (C=O) groups excluding carboxylic acids is 2. The molecule has 0 aromatic carbocycles. The van der Waals surface area contributed by atoms with E-state index in [-0.39, 0.29) is 34.5 Å². The van der Waals surface area contributed by atoms with E-state index in [2.05, 4.69) is 0 Å². The van der Waals surface area contributed by atoms with Gasteiger partial charge in [-0.25, -0.2) is 0 Å². The minimum atomic E-state index is -0.636. The monoisotopic (exact) mass is 306 g/mol. The van der Waals surface area contributed by atoms with Crippen molar-refractivity contribution in [3.05, 3.63) is 34.9 Å². The first-order valence-corrected chi connectivity index (χ1v) is 7.81. The normalized spacial score (nSPS) is 34.9. The van der Waals surface area contributed by atoms with Crippen LogP contribution in [-0.2, 0) is 9.59 Å². The number of Topliss-reactive ketones (excluding diaryl/α,β-unsaturated/α-hetero) is 1. The summed E-state index contributed by atoms with van der Waals surface area (Å²) in [7, 11) is 0. The molecule has 0 aliphatic heterocycles. The van der Waals surface area contributed by atoms with Crippen LogP contribution in [0.15, 0.2) is 34.9 Å². The Labute approximate surface area is 135 Å². The van der Waals surface area contributed by atoms with Crippen molar-refractivity contribution >= 4 is 11.6 Å². The molecule has 3 rings (SSSR count). The van der Waals surface area contributed by atoms with Crippen molar-refractivity contribution in [1.82, 2.24) is 0 Å². The first-order chi connectivity index (χ1) is 10.8. The number of carbonyl (C=O) groups is 2. The van der Waals surface area contributed by atoms with Crippen molar-refractivity contribution in [2.24, 2.45) is 22.7 Å². The maximum absolute atomic E-state index is 12.6. The van der Waals surface area contributed by atoms with Gasteiger partial charge in [-0.2, -0.15) is 10.5 Å². The predicted molar refractivity (Wildman–Crippen MR) is 83.6 cm³/mol. The van der Waals surface area contributed by atoms with E-state index in [0.29, 0.717) is 0 Å². The van der Waals surface area contributed by atoms with Gasteiger partial charge in [0.1, 0.15) is 12.1 Å². The lowest BCUT2D eigenvalue weighted by atomic mass is 9.48. The van der Waals surface area contributed by atoms with Gasteiger partial charge in [0.2, 0.25) is 0 Å². The Bertz CT molecular complexity index is 798. The van der Waals surface area contributed by atoms with Crippen LogP contribution in [0.3, 0.4) is 0 Å². The van der Waals surface area contributed by atoms with Gasteiger partial charge in [-0.15, -0.1) is 0 Å². The topological polar surface area (TPSA) is 81.7 Å². The van der Waals surface area contributed by atoms with Crippen LogP contribution in [0.1, 0.15) is 33.6 Å². The molecule has 0 bridgehead atoms. The molecule has 3 aliphatic carbocycles. The lowest BCUT2D eigenvalue weighted by molar-refractivity contribution is -0.129. The van der Waals surface area contributed by atoms with E-state index in [4.69, 9.17) is 5.26 Å². The fraction of sp³-hybridized carbons (Fsp3) is 0.474. The summed E-state index contributed by atoms with van der Waals surface area (Å²) in [6.45, 7) is 5.80. The van der Waals surface area contributed by atoms with Crippen LogP contribution >= 0.6 is 0 Å². The van der Waals surface area contributed by atoms with E-state index < -0.39 is 10.8 Å². The Morgan fingerprint density at radius 2 is 1.74 bits per heavy atom. The van der Waals surface area contributed by atoms with Gasteiger partial charge in [0.25, 0.3) is 0 Å². The van der Waals surface area contributed by atoms with Gasteiger partial charge >= 0.3 is 0 Å². The second kappa shape index (κ2) is 4.77. The predicted octanol–water partition coefficient (Wildman–Crippen LogP) is 3.04. The lowest BCUT2D eigenvalue weighted by Gasteiger charge is -2.53. The van der Waals surface area contributed by atoms with E-state index in [9.17, 15) is 14.9 Å². The number of fused-ring (bicyclic) bond motifs is 3. The molecule has 4 heteroatoms. The summed E-state index contributed by atoms with van der Waals surface area (Å²) in [5.74, 6) is -0.310. The Hall–Kier alpha value is -2.46. The molecule has 3 aliphatic rings. The van der Waals surface area contributed by atoms with Crippen molar-refractivity contribution in [3.63, 3.8) is 0 Å². The third-order valence-corrected chi connectivity index (χ3v) is 5.82. The Kier molecular flexibility index (Phi) is 3.20. The van der Waals surface area contributed by atoms with Crippen LogP contribution in [0.5, 0.6) is 0 Å². The van der Waals surface area contributed by atoms with Crippen LogP contribution in [0.2, 0.25) is 0 Å². The summed E-state index contributed by atoms with van der Waals surface area (Å²) < 4.78 is 0. The smallest absolute Gasteiger partial charge is 0.196 e. The molecule has 4 nitrogen and oxygen atoms in total. The number of nitriles is 2. The SMILES string of the molecule is CC1(C)C(=O)C(C#N)=CC2(C)C3=CC(=O)C(C#N)=CC3CCC12. The molecular weight excluding hydrogens is 288 g/mol. The molecule has 0 heterocycles. The minimum absolute atomic E-state index is 0.0313. The molecule has 1 fully saturated rings. The average Bonchev–Trinajstić information content (AvgIpc) is 2.51. The van der Waals surface area contributed by atoms with Crippen molar-refractivity contribution < 1.29 is 9.59 Å². The number of ketones is 2. The average molecular weight is 306 g/mol. The van der Waals surface area contributed by atoms with Gasteiger partial charge in [-0.1, -0.05) is 32.9 Å². The number of rotatable bonds is 0. The van der Waals surface area contributed by atoms with Gasteiger partial charge in [-0.3, -0.25) is 9.59 Å². The molecule has 3 atom stereocenters. The van der Waals surface area contributed by atoms with Crippen LogP contribution in [-0.4, -0.2) is 11.6 Å². The fourth-order valence-electron chi connectivity index (χ4n) is 4.68. The van der Waals surface area contributed by atoms with E-state index in [1.54, 1.807) is 18.2 Å². The highest BCUT2D eigenvalue weighted by molar-refractivity contribution is 6.09. The molecule has 1 saturated carbocycles. The maximum Gasteiger partial charge on any atom is 0.196 e. The largest absolute Gasteiger partial charge is 0.293 e. The molecule has 0 spiro atoms. The van der Waals surface area contributed by atoms with E-state index in [1.165, 1.54) is 0 Å². The Balaban J connectivity index is 2.19. The van der Waals surface area contributed by atoms with Gasteiger partial charge < -0.3 is 0 Å². The van der Waals surface area contributed by atoms with E-state index >= 15 is 0 Å². The molecular formula is C19H18N2O2. The summed E-state index contributed by atoms with van der Waals surface area (Å²) in [5, 5.41) is 18.4. The second-order valence-electron chi connectivity index (χ2n) is 7.40. The van der Waals surface area contributed by atoms with Crippen LogP contribution in [0, 0.1) is 45.3 Å². The van der Waals surface area contributed by atoms with Crippen molar-refractivity contribution in [2.75, 3.05) is 0 Å². The zero-order chi connectivity index (χ0) is 17.0. The summed E-state index contributed by atoms with van der Waals surface area (Å²) in [6.07, 6.45) is 6.71. The zero-order valence-corrected chi connectivity index (χ0v) is 13.5. The third-order valence-electron chi connectivity index (χ3n) is 5.82. The van der Waals surface area contributed by atoms with Gasteiger partial charge in [0.05, 0.1) is 11.1 Å². The van der Waals surface area contributed by atoms with E-state index in [0.717, 1.165) is 18.4 Å². The van der Waals surface area contributed by atoms with Crippen LogP contribution in [0.25, 0.3) is 0 Å². The molecule has 0 radical (unpaired) electrons. The van der Waals surface area contributed by atoms with Crippen molar-refractivity contribution in [1.29, 1.82) is 10.5 Å². The highest BCUT2D eigenvalue weighted by Gasteiger charge is 2.55. The van der Waals surface area contributed by atoms with Crippen molar-refractivity contribution in [3.8, 4) is 12.1 Å². The molecule has 0 saturated heterocycles. The zero-order valence-electron chi connectivity index (χ0n) is 13.5. The van der Waals surface area contributed by atoms with Crippen LogP contribution < -0.4 is 0 Å². The third kappa shape index (κ3) is 1.95. The second-order valence-corrected chi connectivity index (χ2v) is 7.40. The first kappa shape index (κ1) is 15.4. The highest BCUT2D eigenvalue weighted by atomic mass is 16.1. The number of nitrogens with zero attached hydrogens (tertiary/aromatic N) is 2. The quantitative estimate of drug-likeness (QED) is 0.688. The number of hydrogen-bond donors (Lipinski definition) is 0. The van der Waals surface area contributed by atoms with Gasteiger partial charge in [0, 0.05) is 16.7 Å². The molecule has 0 amide bonds. The van der Waals surface area contributed by atoms with Crippen molar-refractivity contribution in [2.45, 2.75) is 33.6 Å². The summed E-state index contributed by atoms with van der Waals surface area (Å²) in [6, 6.07) is 3.99. The number of hydrogen-bond acceptors (Lipinski definition) is 4. The number of allylic oxidation sites excluding steroid dienone is 6. The Morgan fingerprint density at radius 1 is 1.09 bits per heavy atom. The molecule has 116 valence electrons. The summed E-state index contributed by atoms with van der Waals surface area (Å²) >= 11 is 0. The molecule has 3 unspecified atom stereocenters. The highest BCUT2D eigenvalue weighted by Crippen LogP contribution is 2.59.